The summed E-state index contributed by atoms with van der Waals surface area (Å²) in [5, 5.41) is 0.452. The lowest BCUT2D eigenvalue weighted by molar-refractivity contribution is -0.141. The molecule has 1 aromatic rings. The van der Waals surface area contributed by atoms with Crippen molar-refractivity contribution < 1.29 is 14.3 Å². The van der Waals surface area contributed by atoms with Crippen molar-refractivity contribution in [1.29, 1.82) is 0 Å². The fourth-order valence-corrected chi connectivity index (χ4v) is 3.96. The Balaban J connectivity index is 2.05. The number of ether oxygens (including phenoxy) is 1. The number of fused-ring (bicyclic) bond motifs is 1. The molecule has 3 rings (SSSR count). The number of esters is 1. The Bertz CT molecular complexity index is 755. The molecular weight excluding hydrogens is 336 g/mol. The van der Waals surface area contributed by atoms with Crippen LogP contribution in [0.15, 0.2) is 46.6 Å². The van der Waals surface area contributed by atoms with Crippen LogP contribution in [0.1, 0.15) is 39.3 Å². The van der Waals surface area contributed by atoms with Gasteiger partial charge in [0.05, 0.1) is 29.2 Å². The highest BCUT2D eigenvalue weighted by molar-refractivity contribution is 8.15. The Morgan fingerprint density at radius 1 is 1.32 bits per heavy atom. The summed E-state index contributed by atoms with van der Waals surface area (Å²) in [6.07, 6.45) is 0. The molecule has 132 valence electrons. The predicted octanol–water partition coefficient (Wildman–Crippen LogP) is 3.53. The Morgan fingerprint density at radius 3 is 2.64 bits per heavy atom. The summed E-state index contributed by atoms with van der Waals surface area (Å²) in [5.41, 5.74) is 1.94. The number of rotatable bonds is 4. The zero-order valence-electron chi connectivity index (χ0n) is 14.9. The molecular formula is C19H22N2O3S. The lowest BCUT2D eigenvalue weighted by Gasteiger charge is -2.33. The van der Waals surface area contributed by atoms with Crippen LogP contribution >= 0.6 is 11.8 Å². The van der Waals surface area contributed by atoms with E-state index in [9.17, 15) is 9.59 Å². The van der Waals surface area contributed by atoms with Crippen LogP contribution in [0.25, 0.3) is 0 Å². The first-order valence-electron chi connectivity index (χ1n) is 8.41. The molecule has 1 saturated heterocycles. The van der Waals surface area contributed by atoms with Gasteiger partial charge in [-0.3, -0.25) is 9.69 Å². The number of hydrogen-bond donors (Lipinski definition) is 0. The highest BCUT2D eigenvalue weighted by atomic mass is 32.2. The second-order valence-electron chi connectivity index (χ2n) is 6.67. The summed E-state index contributed by atoms with van der Waals surface area (Å²) in [7, 11) is 0. The van der Waals surface area contributed by atoms with Crippen LogP contribution in [0, 0.1) is 5.92 Å². The van der Waals surface area contributed by atoms with Gasteiger partial charge in [-0.15, -0.1) is 0 Å². The molecule has 0 saturated carbocycles. The average Bonchev–Trinajstić information content (AvgIpc) is 2.86. The van der Waals surface area contributed by atoms with Gasteiger partial charge in [-0.2, -0.15) is 0 Å². The van der Waals surface area contributed by atoms with Crippen LogP contribution in [-0.4, -0.2) is 33.8 Å². The molecule has 1 fully saturated rings. The molecule has 0 aliphatic carbocycles. The highest BCUT2D eigenvalue weighted by Gasteiger charge is 2.46. The quantitative estimate of drug-likeness (QED) is 0.773. The monoisotopic (exact) mass is 358 g/mol. The van der Waals surface area contributed by atoms with Gasteiger partial charge in [0.25, 0.3) is 0 Å². The molecule has 0 unspecified atom stereocenters. The predicted molar refractivity (Wildman–Crippen MR) is 99.0 cm³/mol. The van der Waals surface area contributed by atoms with Gasteiger partial charge in [0.15, 0.2) is 5.17 Å². The first-order chi connectivity index (χ1) is 11.9. The van der Waals surface area contributed by atoms with Crippen LogP contribution in [0.5, 0.6) is 0 Å². The fraction of sp³-hybridized carbons (Fsp3) is 0.421. The van der Waals surface area contributed by atoms with Crippen molar-refractivity contribution in [2.75, 3.05) is 6.61 Å². The summed E-state index contributed by atoms with van der Waals surface area (Å²) in [6, 6.07) is 9.10. The third-order valence-electron chi connectivity index (χ3n) is 4.14. The standard InChI is InChI=1S/C19H22N2O3S/c1-11(2)10-24-18(23)15-12(3)20-19-21(17(22)13(4)25-19)16(15)14-8-6-5-7-9-14/h5-9,11,13,16H,10H2,1-4H3/t13-,16+/m1/s1. The molecule has 0 spiro atoms. The van der Waals surface area contributed by atoms with Crippen LogP contribution in [0.2, 0.25) is 0 Å². The minimum atomic E-state index is -0.488. The van der Waals surface area contributed by atoms with Crippen LogP contribution < -0.4 is 0 Å². The number of benzene rings is 1. The maximum Gasteiger partial charge on any atom is 0.338 e. The topological polar surface area (TPSA) is 59.0 Å². The van der Waals surface area contributed by atoms with E-state index in [1.807, 2.05) is 51.1 Å². The van der Waals surface area contributed by atoms with Gasteiger partial charge in [-0.25, -0.2) is 9.79 Å². The third kappa shape index (κ3) is 3.35. The largest absolute Gasteiger partial charge is 0.462 e. The Morgan fingerprint density at radius 2 is 2.00 bits per heavy atom. The normalized spacial score (nSPS) is 23.0. The van der Waals surface area contributed by atoms with Gasteiger partial charge in [0.2, 0.25) is 5.91 Å². The minimum absolute atomic E-state index is 0.0285. The molecule has 0 N–H and O–H groups in total. The minimum Gasteiger partial charge on any atom is -0.462 e. The zero-order valence-corrected chi connectivity index (χ0v) is 15.7. The van der Waals surface area contributed by atoms with Crippen molar-refractivity contribution in [2.24, 2.45) is 10.9 Å². The van der Waals surface area contributed by atoms with Gasteiger partial charge < -0.3 is 4.74 Å². The summed E-state index contributed by atoms with van der Waals surface area (Å²) < 4.78 is 5.46. The van der Waals surface area contributed by atoms with Crippen molar-refractivity contribution in [1.82, 2.24) is 4.90 Å². The lowest BCUT2D eigenvalue weighted by atomic mass is 9.94. The Kier molecular flexibility index (Phi) is 4.99. The summed E-state index contributed by atoms with van der Waals surface area (Å²) in [5.74, 6) is -0.189. The van der Waals surface area contributed by atoms with Gasteiger partial charge >= 0.3 is 5.97 Å². The summed E-state index contributed by atoms with van der Waals surface area (Å²) in [4.78, 5) is 31.6. The van der Waals surface area contributed by atoms with Crippen LogP contribution in [0.3, 0.4) is 0 Å². The Labute approximate surface area is 152 Å². The van der Waals surface area contributed by atoms with Crippen molar-refractivity contribution in [2.45, 2.75) is 39.0 Å². The molecule has 2 aliphatic rings. The van der Waals surface area contributed by atoms with Crippen molar-refractivity contribution in [3.8, 4) is 0 Å². The molecule has 1 amide bonds. The molecule has 2 heterocycles. The number of carbonyl (C=O) groups is 2. The van der Waals surface area contributed by atoms with Crippen molar-refractivity contribution in [3.63, 3.8) is 0 Å². The molecule has 0 bridgehead atoms. The molecule has 2 atom stereocenters. The van der Waals surface area contributed by atoms with E-state index < -0.39 is 12.0 Å². The van der Waals surface area contributed by atoms with E-state index in [4.69, 9.17) is 4.74 Å². The average molecular weight is 358 g/mol. The van der Waals surface area contributed by atoms with Gasteiger partial charge in [0.1, 0.15) is 0 Å². The molecule has 6 heteroatoms. The number of allylic oxidation sites excluding steroid dienone is 1. The summed E-state index contributed by atoms with van der Waals surface area (Å²) in [6.45, 7) is 7.99. The molecule has 0 radical (unpaired) electrons. The van der Waals surface area contributed by atoms with Crippen molar-refractivity contribution >= 4 is 28.8 Å². The first-order valence-corrected chi connectivity index (χ1v) is 9.29. The number of carbonyl (C=O) groups excluding carboxylic acids is 2. The maximum atomic E-state index is 12.8. The molecule has 5 nitrogen and oxygen atoms in total. The zero-order chi connectivity index (χ0) is 18.1. The van der Waals surface area contributed by atoms with E-state index in [0.29, 0.717) is 23.0 Å². The number of hydrogen-bond acceptors (Lipinski definition) is 5. The third-order valence-corrected chi connectivity index (χ3v) is 5.20. The lowest BCUT2D eigenvalue weighted by Crippen LogP contribution is -2.40. The maximum absolute atomic E-state index is 12.8. The van der Waals surface area contributed by atoms with E-state index >= 15 is 0 Å². The molecule has 0 aromatic heterocycles. The summed E-state index contributed by atoms with van der Waals surface area (Å²) >= 11 is 1.43. The first kappa shape index (κ1) is 17.7. The van der Waals surface area contributed by atoms with E-state index in [1.165, 1.54) is 11.8 Å². The van der Waals surface area contributed by atoms with E-state index in [1.54, 1.807) is 11.8 Å². The second kappa shape index (κ2) is 7.04. The van der Waals surface area contributed by atoms with Crippen molar-refractivity contribution in [3.05, 3.63) is 47.2 Å². The molecule has 1 aromatic carbocycles. The highest BCUT2D eigenvalue weighted by Crippen LogP contribution is 2.43. The van der Waals surface area contributed by atoms with Gasteiger partial charge in [-0.05, 0) is 25.3 Å². The molecule has 2 aliphatic heterocycles. The van der Waals surface area contributed by atoms with Gasteiger partial charge in [0, 0.05) is 0 Å². The van der Waals surface area contributed by atoms with E-state index in [2.05, 4.69) is 4.99 Å². The fourth-order valence-electron chi connectivity index (χ4n) is 2.93. The number of amidine groups is 1. The SMILES string of the molecule is CC1=C(C(=O)OCC(C)C)[C@H](c2ccccc2)N2C(=O)[C@@H](C)SC2=N1. The number of nitrogens with zero attached hydrogens (tertiary/aromatic N) is 2. The van der Waals surface area contributed by atoms with Crippen LogP contribution in [-0.2, 0) is 14.3 Å². The van der Waals surface area contributed by atoms with E-state index in [0.717, 1.165) is 5.56 Å². The second-order valence-corrected chi connectivity index (χ2v) is 7.98. The number of thioether (sulfide) groups is 1. The Hall–Kier alpha value is -2.08. The molecule has 25 heavy (non-hydrogen) atoms. The van der Waals surface area contributed by atoms with Gasteiger partial charge in [-0.1, -0.05) is 55.9 Å². The van der Waals surface area contributed by atoms with E-state index in [-0.39, 0.29) is 17.1 Å². The number of aliphatic imine (C=N–C) groups is 1. The van der Waals surface area contributed by atoms with Crippen LogP contribution in [0.4, 0.5) is 0 Å². The smallest absolute Gasteiger partial charge is 0.338 e. The number of amides is 1.